The van der Waals surface area contributed by atoms with Crippen molar-refractivity contribution < 1.29 is 14.3 Å². The Morgan fingerprint density at radius 1 is 1.44 bits per heavy atom. The van der Waals surface area contributed by atoms with Gasteiger partial charge in [0.05, 0.1) is 18.4 Å². The molecule has 0 aliphatic rings. The maximum atomic E-state index is 11.4. The highest BCUT2D eigenvalue weighted by atomic mass is 16.5. The number of nitrogens with zero attached hydrogens (tertiary/aromatic N) is 1. The molecule has 18 heavy (non-hydrogen) atoms. The second-order valence-corrected chi connectivity index (χ2v) is 4.23. The molecular formula is C11H16N4O3. The first-order chi connectivity index (χ1) is 8.29. The first-order valence-corrected chi connectivity index (χ1v) is 5.20. The number of nitrogens with one attached hydrogen (secondary N) is 1. The lowest BCUT2D eigenvalue weighted by atomic mass is 10.0. The molecule has 0 aliphatic heterocycles. The standard InChI is InChI=1S/C11H16N4O3/c1-11(2,10(13)17)15-8-7(12)6(4-5-14-8)9(16)18-3/h4-5H,12H2,1-3H3,(H2,13,17)(H,14,15). The highest BCUT2D eigenvalue weighted by Gasteiger charge is 2.26. The van der Waals surface area contributed by atoms with E-state index in [0.29, 0.717) is 0 Å². The van der Waals surface area contributed by atoms with E-state index < -0.39 is 17.4 Å². The SMILES string of the molecule is COC(=O)c1ccnc(NC(C)(C)C(N)=O)c1N. The van der Waals surface area contributed by atoms with Crippen LogP contribution in [0.15, 0.2) is 12.3 Å². The van der Waals surface area contributed by atoms with E-state index in [4.69, 9.17) is 11.5 Å². The van der Waals surface area contributed by atoms with Gasteiger partial charge in [0.1, 0.15) is 5.54 Å². The number of carbonyl (C=O) groups is 2. The van der Waals surface area contributed by atoms with Crippen molar-refractivity contribution in [3.63, 3.8) is 0 Å². The fourth-order valence-corrected chi connectivity index (χ4v) is 1.22. The Morgan fingerprint density at radius 3 is 2.56 bits per heavy atom. The van der Waals surface area contributed by atoms with Crippen molar-refractivity contribution in [2.24, 2.45) is 5.73 Å². The molecule has 0 saturated heterocycles. The lowest BCUT2D eigenvalue weighted by molar-refractivity contribution is -0.121. The minimum atomic E-state index is -1.03. The number of hydrogen-bond acceptors (Lipinski definition) is 6. The van der Waals surface area contributed by atoms with Crippen LogP contribution in [-0.2, 0) is 9.53 Å². The molecule has 1 rings (SSSR count). The van der Waals surface area contributed by atoms with Crippen molar-refractivity contribution in [2.75, 3.05) is 18.2 Å². The minimum Gasteiger partial charge on any atom is -0.465 e. The molecule has 0 spiro atoms. The van der Waals surface area contributed by atoms with Gasteiger partial charge in [0.2, 0.25) is 5.91 Å². The summed E-state index contributed by atoms with van der Waals surface area (Å²) in [5.74, 6) is -0.927. The summed E-state index contributed by atoms with van der Waals surface area (Å²) >= 11 is 0. The van der Waals surface area contributed by atoms with Crippen LogP contribution in [0, 0.1) is 0 Å². The van der Waals surface area contributed by atoms with Crippen LogP contribution in [0.4, 0.5) is 11.5 Å². The van der Waals surface area contributed by atoms with Crippen LogP contribution < -0.4 is 16.8 Å². The van der Waals surface area contributed by atoms with E-state index in [-0.39, 0.29) is 17.1 Å². The van der Waals surface area contributed by atoms with E-state index in [0.717, 1.165) is 0 Å². The van der Waals surface area contributed by atoms with Gasteiger partial charge in [-0.3, -0.25) is 4.79 Å². The predicted molar refractivity (Wildman–Crippen MR) is 66.9 cm³/mol. The third kappa shape index (κ3) is 2.68. The first-order valence-electron chi connectivity index (χ1n) is 5.20. The van der Waals surface area contributed by atoms with Gasteiger partial charge in [-0.05, 0) is 19.9 Å². The monoisotopic (exact) mass is 252 g/mol. The average molecular weight is 252 g/mol. The van der Waals surface area contributed by atoms with Gasteiger partial charge in [-0.2, -0.15) is 0 Å². The largest absolute Gasteiger partial charge is 0.465 e. The zero-order valence-electron chi connectivity index (χ0n) is 10.5. The maximum absolute atomic E-state index is 11.4. The Bertz CT molecular complexity index is 485. The molecule has 1 amide bonds. The normalized spacial score (nSPS) is 10.8. The van der Waals surface area contributed by atoms with Gasteiger partial charge < -0.3 is 21.5 Å². The molecule has 98 valence electrons. The molecule has 0 bridgehead atoms. The second-order valence-electron chi connectivity index (χ2n) is 4.23. The van der Waals surface area contributed by atoms with Crippen molar-refractivity contribution >= 4 is 23.4 Å². The number of rotatable bonds is 4. The number of methoxy groups -OCH3 is 1. The van der Waals surface area contributed by atoms with Gasteiger partial charge in [-0.25, -0.2) is 9.78 Å². The number of pyridine rings is 1. The number of nitrogen functional groups attached to an aromatic ring is 1. The van der Waals surface area contributed by atoms with Gasteiger partial charge in [0, 0.05) is 6.20 Å². The first kappa shape index (κ1) is 13.8. The molecular weight excluding hydrogens is 236 g/mol. The molecule has 1 aromatic rings. The summed E-state index contributed by atoms with van der Waals surface area (Å²) in [6.45, 7) is 3.17. The molecule has 0 aromatic carbocycles. The van der Waals surface area contributed by atoms with E-state index in [2.05, 4.69) is 15.0 Å². The van der Waals surface area contributed by atoms with E-state index in [1.807, 2.05) is 0 Å². The van der Waals surface area contributed by atoms with Crippen LogP contribution in [0.5, 0.6) is 0 Å². The summed E-state index contributed by atoms with van der Waals surface area (Å²) in [4.78, 5) is 26.6. The predicted octanol–water partition coefficient (Wildman–Crippen LogP) is 0.126. The number of nitrogens with two attached hydrogens (primary N) is 2. The van der Waals surface area contributed by atoms with Gasteiger partial charge in [0.25, 0.3) is 0 Å². The Morgan fingerprint density at radius 2 is 2.06 bits per heavy atom. The number of primary amides is 1. The van der Waals surface area contributed by atoms with Crippen molar-refractivity contribution in [1.82, 2.24) is 4.98 Å². The van der Waals surface area contributed by atoms with Crippen LogP contribution in [0.1, 0.15) is 24.2 Å². The van der Waals surface area contributed by atoms with Crippen molar-refractivity contribution in [3.8, 4) is 0 Å². The summed E-state index contributed by atoms with van der Waals surface area (Å²) in [5, 5.41) is 2.79. The van der Waals surface area contributed by atoms with Crippen LogP contribution in [0.25, 0.3) is 0 Å². The summed E-state index contributed by atoms with van der Waals surface area (Å²) in [6, 6.07) is 1.43. The lowest BCUT2D eigenvalue weighted by Crippen LogP contribution is -2.45. The zero-order valence-corrected chi connectivity index (χ0v) is 10.5. The van der Waals surface area contributed by atoms with Crippen LogP contribution >= 0.6 is 0 Å². The van der Waals surface area contributed by atoms with Crippen LogP contribution in [0.2, 0.25) is 0 Å². The van der Waals surface area contributed by atoms with E-state index in [9.17, 15) is 9.59 Å². The average Bonchev–Trinajstić information content (AvgIpc) is 2.30. The molecule has 7 heteroatoms. The Balaban J connectivity index is 3.12. The molecule has 1 heterocycles. The third-order valence-corrected chi connectivity index (χ3v) is 2.44. The number of aromatic nitrogens is 1. The number of anilines is 2. The summed E-state index contributed by atoms with van der Waals surface area (Å²) < 4.78 is 4.58. The number of amides is 1. The molecule has 1 aromatic heterocycles. The Labute approximate surface area is 105 Å². The molecule has 0 fully saturated rings. The van der Waals surface area contributed by atoms with Crippen LogP contribution in [-0.4, -0.2) is 29.5 Å². The van der Waals surface area contributed by atoms with Crippen molar-refractivity contribution in [3.05, 3.63) is 17.8 Å². The topological polar surface area (TPSA) is 120 Å². The fourth-order valence-electron chi connectivity index (χ4n) is 1.22. The van der Waals surface area contributed by atoms with E-state index >= 15 is 0 Å². The lowest BCUT2D eigenvalue weighted by Gasteiger charge is -2.24. The summed E-state index contributed by atoms with van der Waals surface area (Å²) in [7, 11) is 1.25. The molecule has 0 atom stereocenters. The summed E-state index contributed by atoms with van der Waals surface area (Å²) in [6.07, 6.45) is 1.39. The smallest absolute Gasteiger partial charge is 0.340 e. The number of hydrogen-bond donors (Lipinski definition) is 3. The van der Waals surface area contributed by atoms with Gasteiger partial charge >= 0.3 is 5.97 Å². The van der Waals surface area contributed by atoms with Gasteiger partial charge in [0.15, 0.2) is 5.82 Å². The zero-order chi connectivity index (χ0) is 13.9. The molecule has 7 nitrogen and oxygen atoms in total. The number of esters is 1. The van der Waals surface area contributed by atoms with E-state index in [1.165, 1.54) is 19.4 Å². The van der Waals surface area contributed by atoms with E-state index in [1.54, 1.807) is 13.8 Å². The molecule has 0 unspecified atom stereocenters. The highest BCUT2D eigenvalue weighted by molar-refractivity contribution is 5.98. The quantitative estimate of drug-likeness (QED) is 0.655. The molecule has 0 radical (unpaired) electrons. The number of ether oxygens (including phenoxy) is 1. The minimum absolute atomic E-state index is 0.110. The molecule has 0 aliphatic carbocycles. The fraction of sp³-hybridized carbons (Fsp3) is 0.364. The number of carbonyl (C=O) groups excluding carboxylic acids is 2. The Kier molecular flexibility index (Phi) is 3.75. The van der Waals surface area contributed by atoms with Crippen LogP contribution in [0.3, 0.4) is 0 Å². The Hall–Kier alpha value is -2.31. The second kappa shape index (κ2) is 4.91. The molecule has 0 saturated carbocycles. The van der Waals surface area contributed by atoms with Gasteiger partial charge in [-0.15, -0.1) is 0 Å². The van der Waals surface area contributed by atoms with Crippen molar-refractivity contribution in [1.29, 1.82) is 0 Å². The van der Waals surface area contributed by atoms with Gasteiger partial charge in [-0.1, -0.05) is 0 Å². The maximum Gasteiger partial charge on any atom is 0.340 e. The van der Waals surface area contributed by atoms with Crippen molar-refractivity contribution in [2.45, 2.75) is 19.4 Å². The molecule has 5 N–H and O–H groups in total. The highest BCUT2D eigenvalue weighted by Crippen LogP contribution is 2.23. The summed E-state index contributed by atoms with van der Waals surface area (Å²) in [5.41, 5.74) is 10.3. The third-order valence-electron chi connectivity index (χ3n) is 2.44.